The molecule has 1 fully saturated rings. The van der Waals surface area contributed by atoms with Gasteiger partial charge in [0.1, 0.15) is 6.10 Å². The van der Waals surface area contributed by atoms with Crippen molar-refractivity contribution in [1.82, 2.24) is 5.32 Å². The molecule has 1 saturated heterocycles. The molecule has 0 spiro atoms. The lowest BCUT2D eigenvalue weighted by Gasteiger charge is -2.50. The van der Waals surface area contributed by atoms with Crippen LogP contribution in [0.25, 0.3) is 0 Å². The first kappa shape index (κ1) is 19.3. The Balaban J connectivity index is 3.03. The van der Waals surface area contributed by atoms with Crippen LogP contribution < -0.4 is 5.32 Å². The van der Waals surface area contributed by atoms with Gasteiger partial charge in [-0.15, -0.1) is 0 Å². The van der Waals surface area contributed by atoms with Gasteiger partial charge in [0, 0.05) is 12.8 Å². The predicted molar refractivity (Wildman–Crippen MR) is 78.6 cm³/mol. The molecular formula is C13H25NO7S. The number of aliphatic hydroxyl groups excluding tert-OH is 2. The van der Waals surface area contributed by atoms with Crippen LogP contribution in [-0.4, -0.2) is 67.9 Å². The second-order valence-corrected chi connectivity index (χ2v) is 7.49. The Kier molecular flexibility index (Phi) is 6.34. The lowest BCUT2D eigenvalue weighted by atomic mass is 9.76. The summed E-state index contributed by atoms with van der Waals surface area (Å²) in [6.45, 7) is 4.06. The van der Waals surface area contributed by atoms with Crippen LogP contribution in [0.3, 0.4) is 0 Å². The van der Waals surface area contributed by atoms with Crippen molar-refractivity contribution in [2.24, 2.45) is 5.92 Å². The zero-order valence-corrected chi connectivity index (χ0v) is 14.1. The SMILES string of the molecule is CC[C@H]1C(O)C(NC(C)=O)[C@H](CO)OC1(C)COS(C)(=O)=O. The summed E-state index contributed by atoms with van der Waals surface area (Å²) in [4.78, 5) is 11.3. The van der Waals surface area contributed by atoms with Gasteiger partial charge in [-0.25, -0.2) is 0 Å². The zero-order chi connectivity index (χ0) is 17.1. The number of nitrogens with one attached hydrogen (secondary N) is 1. The van der Waals surface area contributed by atoms with Gasteiger partial charge in [0.05, 0.1) is 37.2 Å². The Labute approximate surface area is 130 Å². The van der Waals surface area contributed by atoms with Crippen LogP contribution in [0.4, 0.5) is 0 Å². The molecule has 5 atom stereocenters. The summed E-state index contributed by atoms with van der Waals surface area (Å²) in [5, 5.41) is 22.6. The molecule has 0 aliphatic carbocycles. The molecule has 3 unspecified atom stereocenters. The van der Waals surface area contributed by atoms with Gasteiger partial charge >= 0.3 is 0 Å². The molecule has 0 aromatic rings. The van der Waals surface area contributed by atoms with Crippen molar-refractivity contribution in [3.63, 3.8) is 0 Å². The maximum absolute atomic E-state index is 11.3. The molecule has 130 valence electrons. The van der Waals surface area contributed by atoms with Crippen LogP contribution in [0, 0.1) is 5.92 Å². The van der Waals surface area contributed by atoms with Gasteiger partial charge in [-0.05, 0) is 13.3 Å². The van der Waals surface area contributed by atoms with Crippen molar-refractivity contribution in [3.05, 3.63) is 0 Å². The minimum Gasteiger partial charge on any atom is -0.394 e. The highest BCUT2D eigenvalue weighted by atomic mass is 32.2. The van der Waals surface area contributed by atoms with E-state index in [4.69, 9.17) is 8.92 Å². The van der Waals surface area contributed by atoms with E-state index in [-0.39, 0.29) is 12.5 Å². The number of hydrogen-bond acceptors (Lipinski definition) is 7. The summed E-state index contributed by atoms with van der Waals surface area (Å²) < 4.78 is 33.0. The minimum absolute atomic E-state index is 0.273. The number of hydrogen-bond donors (Lipinski definition) is 3. The van der Waals surface area contributed by atoms with Crippen LogP contribution in [-0.2, 0) is 23.8 Å². The monoisotopic (exact) mass is 339 g/mol. The smallest absolute Gasteiger partial charge is 0.264 e. The van der Waals surface area contributed by atoms with Crippen molar-refractivity contribution in [2.45, 2.75) is 51.0 Å². The van der Waals surface area contributed by atoms with Crippen molar-refractivity contribution in [2.75, 3.05) is 19.5 Å². The molecule has 8 nitrogen and oxygen atoms in total. The van der Waals surface area contributed by atoms with E-state index in [9.17, 15) is 23.4 Å². The lowest BCUT2D eigenvalue weighted by molar-refractivity contribution is -0.225. The third-order valence-electron chi connectivity index (χ3n) is 3.93. The van der Waals surface area contributed by atoms with E-state index in [0.717, 1.165) is 6.26 Å². The highest BCUT2D eigenvalue weighted by molar-refractivity contribution is 7.85. The molecule has 1 rings (SSSR count). The molecule has 0 saturated carbocycles. The summed E-state index contributed by atoms with van der Waals surface area (Å²) in [6, 6.07) is -0.765. The maximum Gasteiger partial charge on any atom is 0.264 e. The summed E-state index contributed by atoms with van der Waals surface area (Å²) in [5.41, 5.74) is -1.10. The molecular weight excluding hydrogens is 314 g/mol. The molecule has 0 aromatic carbocycles. The Morgan fingerprint density at radius 1 is 1.45 bits per heavy atom. The van der Waals surface area contributed by atoms with Gasteiger partial charge in [-0.2, -0.15) is 8.42 Å². The number of amides is 1. The van der Waals surface area contributed by atoms with Gasteiger partial charge in [0.25, 0.3) is 10.1 Å². The van der Waals surface area contributed by atoms with Crippen LogP contribution in [0.1, 0.15) is 27.2 Å². The number of ether oxygens (including phenoxy) is 1. The fourth-order valence-corrected chi connectivity index (χ4v) is 3.39. The van der Waals surface area contributed by atoms with Crippen LogP contribution in [0.15, 0.2) is 0 Å². The number of carbonyl (C=O) groups is 1. The molecule has 0 bridgehead atoms. The Morgan fingerprint density at radius 3 is 2.45 bits per heavy atom. The summed E-state index contributed by atoms with van der Waals surface area (Å²) in [7, 11) is -3.66. The summed E-state index contributed by atoms with van der Waals surface area (Å²) in [6.07, 6.45) is -0.429. The molecule has 1 aliphatic rings. The van der Waals surface area contributed by atoms with Crippen molar-refractivity contribution in [3.8, 4) is 0 Å². The third kappa shape index (κ3) is 4.63. The van der Waals surface area contributed by atoms with Crippen molar-refractivity contribution < 1.29 is 32.3 Å². The van der Waals surface area contributed by atoms with Gasteiger partial charge in [-0.3, -0.25) is 8.98 Å². The van der Waals surface area contributed by atoms with Gasteiger partial charge in [0.15, 0.2) is 0 Å². The van der Waals surface area contributed by atoms with E-state index in [1.807, 2.05) is 6.92 Å². The summed E-state index contributed by atoms with van der Waals surface area (Å²) in [5.74, 6) is -0.814. The van der Waals surface area contributed by atoms with Gasteiger partial charge in [-0.1, -0.05) is 6.92 Å². The molecule has 1 aliphatic heterocycles. The van der Waals surface area contributed by atoms with Crippen molar-refractivity contribution in [1.29, 1.82) is 0 Å². The van der Waals surface area contributed by atoms with E-state index in [1.54, 1.807) is 6.92 Å². The maximum atomic E-state index is 11.3. The van der Waals surface area contributed by atoms with Crippen LogP contribution >= 0.6 is 0 Å². The Hall–Kier alpha value is -0.740. The fourth-order valence-electron chi connectivity index (χ4n) is 2.94. The zero-order valence-electron chi connectivity index (χ0n) is 13.3. The van der Waals surface area contributed by atoms with E-state index in [2.05, 4.69) is 5.32 Å². The first-order valence-corrected chi connectivity index (χ1v) is 8.94. The second-order valence-electron chi connectivity index (χ2n) is 5.85. The van der Waals surface area contributed by atoms with E-state index in [0.29, 0.717) is 6.42 Å². The largest absolute Gasteiger partial charge is 0.394 e. The fraction of sp³-hybridized carbons (Fsp3) is 0.923. The highest BCUT2D eigenvalue weighted by Gasteiger charge is 2.51. The Morgan fingerprint density at radius 2 is 2.05 bits per heavy atom. The Bertz CT molecular complexity index is 495. The number of aliphatic hydroxyl groups is 2. The van der Waals surface area contributed by atoms with Crippen molar-refractivity contribution >= 4 is 16.0 Å². The second kappa shape index (κ2) is 7.22. The summed E-state index contributed by atoms with van der Waals surface area (Å²) >= 11 is 0. The van der Waals surface area contributed by atoms with E-state index < -0.39 is 46.5 Å². The molecule has 0 aromatic heterocycles. The predicted octanol–water partition coefficient (Wildman–Crippen LogP) is -0.996. The number of carbonyl (C=O) groups excluding carboxylic acids is 1. The molecule has 9 heteroatoms. The third-order valence-corrected chi connectivity index (χ3v) is 4.48. The highest BCUT2D eigenvalue weighted by Crippen LogP contribution is 2.37. The standard InChI is InChI=1S/C13H25NO7S/c1-5-9-12(17)11(14-8(2)16)10(6-15)21-13(9,3)7-20-22(4,18)19/h9-12,15,17H,5-7H2,1-4H3,(H,14,16)/t9-,10-,11?,12?,13?/m0/s1. The number of rotatable bonds is 6. The molecule has 3 N–H and O–H groups in total. The van der Waals surface area contributed by atoms with Gasteiger partial charge in [0.2, 0.25) is 5.91 Å². The quantitative estimate of drug-likeness (QED) is 0.531. The molecule has 22 heavy (non-hydrogen) atoms. The minimum atomic E-state index is -3.66. The first-order chi connectivity index (χ1) is 10.0. The molecule has 0 radical (unpaired) electrons. The average molecular weight is 339 g/mol. The molecule has 1 heterocycles. The van der Waals surface area contributed by atoms with Crippen LogP contribution in [0.2, 0.25) is 0 Å². The van der Waals surface area contributed by atoms with E-state index in [1.165, 1.54) is 6.92 Å². The lowest BCUT2D eigenvalue weighted by Crippen LogP contribution is -2.66. The van der Waals surface area contributed by atoms with Gasteiger partial charge < -0.3 is 20.3 Å². The average Bonchev–Trinajstić information content (AvgIpc) is 2.39. The molecule has 1 amide bonds. The normalized spacial score (nSPS) is 36.1. The van der Waals surface area contributed by atoms with Crippen LogP contribution in [0.5, 0.6) is 0 Å². The van der Waals surface area contributed by atoms with E-state index >= 15 is 0 Å². The topological polar surface area (TPSA) is 122 Å². The first-order valence-electron chi connectivity index (χ1n) is 7.12.